The number of hydrogen-bond donors (Lipinski definition) is 2. The van der Waals surface area contributed by atoms with E-state index in [-0.39, 0.29) is 11.5 Å². The lowest BCUT2D eigenvalue weighted by Gasteiger charge is -2.14. The Morgan fingerprint density at radius 2 is 1.75 bits per heavy atom. The predicted octanol–water partition coefficient (Wildman–Crippen LogP) is 4.94. The van der Waals surface area contributed by atoms with Crippen LogP contribution in [0.25, 0.3) is 10.8 Å². The fourth-order valence-corrected chi connectivity index (χ4v) is 2.90. The first kappa shape index (κ1) is 14.7. The van der Waals surface area contributed by atoms with Gasteiger partial charge < -0.3 is 10.2 Å². The number of aryl methyl sites for hydroxylation is 2. The van der Waals surface area contributed by atoms with Gasteiger partial charge in [0.15, 0.2) is 0 Å². The summed E-state index contributed by atoms with van der Waals surface area (Å²) in [6, 6.07) is 7.31. The van der Waals surface area contributed by atoms with Crippen molar-refractivity contribution in [1.82, 2.24) is 0 Å². The summed E-state index contributed by atoms with van der Waals surface area (Å²) in [6.07, 6.45) is 6.82. The van der Waals surface area contributed by atoms with E-state index in [0.717, 1.165) is 24.6 Å². The van der Waals surface area contributed by atoms with E-state index in [4.69, 9.17) is 0 Å². The van der Waals surface area contributed by atoms with Gasteiger partial charge in [0.2, 0.25) is 0 Å². The van der Waals surface area contributed by atoms with Gasteiger partial charge in [-0.2, -0.15) is 0 Å². The molecule has 108 valence electrons. The predicted molar refractivity (Wildman–Crippen MR) is 84.5 cm³/mol. The first-order valence-corrected chi connectivity index (χ1v) is 7.64. The molecule has 0 unspecified atom stereocenters. The van der Waals surface area contributed by atoms with Gasteiger partial charge in [-0.05, 0) is 47.9 Å². The van der Waals surface area contributed by atoms with Crippen molar-refractivity contribution in [3.63, 3.8) is 0 Å². The summed E-state index contributed by atoms with van der Waals surface area (Å²) in [5, 5.41) is 21.7. The zero-order chi connectivity index (χ0) is 14.5. The van der Waals surface area contributed by atoms with Crippen LogP contribution in [0.5, 0.6) is 11.5 Å². The maximum Gasteiger partial charge on any atom is 0.127 e. The second-order valence-corrected chi connectivity index (χ2v) is 5.40. The molecule has 2 heteroatoms. The number of unbranched alkanes of at least 4 members (excludes halogenated alkanes) is 3. The highest BCUT2D eigenvalue weighted by Gasteiger charge is 2.13. The van der Waals surface area contributed by atoms with Crippen molar-refractivity contribution in [1.29, 1.82) is 0 Å². The molecule has 0 bridgehead atoms. The molecule has 0 heterocycles. The second-order valence-electron chi connectivity index (χ2n) is 5.40. The third-order valence-corrected chi connectivity index (χ3v) is 3.98. The smallest absolute Gasteiger partial charge is 0.127 e. The number of phenols is 2. The Morgan fingerprint density at radius 3 is 2.45 bits per heavy atom. The number of aromatic hydroxyl groups is 2. The molecule has 2 N–H and O–H groups in total. The lowest BCUT2D eigenvalue weighted by Crippen LogP contribution is -1.96. The van der Waals surface area contributed by atoms with Crippen molar-refractivity contribution in [2.45, 2.75) is 52.4 Å². The molecule has 2 aromatic carbocycles. The van der Waals surface area contributed by atoms with Gasteiger partial charge in [0.05, 0.1) is 5.39 Å². The van der Waals surface area contributed by atoms with E-state index in [0.29, 0.717) is 5.39 Å². The normalized spacial score (nSPS) is 11.1. The molecule has 2 nitrogen and oxygen atoms in total. The quantitative estimate of drug-likeness (QED) is 0.731. The van der Waals surface area contributed by atoms with Gasteiger partial charge in [-0.15, -0.1) is 0 Å². The fraction of sp³-hybridized carbons (Fsp3) is 0.444. The minimum atomic E-state index is 0.164. The van der Waals surface area contributed by atoms with Crippen molar-refractivity contribution in [3.05, 3.63) is 35.4 Å². The third-order valence-electron chi connectivity index (χ3n) is 3.98. The Bertz CT molecular complexity index is 587. The number of hydrogen-bond acceptors (Lipinski definition) is 2. The monoisotopic (exact) mass is 272 g/mol. The molecule has 0 aliphatic heterocycles. The molecule has 2 rings (SSSR count). The molecular weight excluding hydrogens is 248 g/mol. The standard InChI is InChI=1S/C18H24O2/c1-3-5-6-7-9-14-13(4-2)12-17(20)18-15(14)10-8-11-16(18)19/h8,10-12,19-20H,3-7,9H2,1-2H3. The van der Waals surface area contributed by atoms with Crippen molar-refractivity contribution in [3.8, 4) is 11.5 Å². The van der Waals surface area contributed by atoms with Crippen LogP contribution in [0.2, 0.25) is 0 Å². The fourth-order valence-electron chi connectivity index (χ4n) is 2.90. The highest BCUT2D eigenvalue weighted by atomic mass is 16.3. The minimum absolute atomic E-state index is 0.164. The van der Waals surface area contributed by atoms with E-state index in [1.165, 1.54) is 30.4 Å². The van der Waals surface area contributed by atoms with Gasteiger partial charge in [0, 0.05) is 0 Å². The molecule has 2 aromatic rings. The zero-order valence-corrected chi connectivity index (χ0v) is 12.4. The third kappa shape index (κ3) is 2.90. The Labute approximate surface area is 121 Å². The van der Waals surface area contributed by atoms with Crippen LogP contribution in [0.4, 0.5) is 0 Å². The summed E-state index contributed by atoms with van der Waals surface area (Å²) >= 11 is 0. The summed E-state index contributed by atoms with van der Waals surface area (Å²) < 4.78 is 0. The van der Waals surface area contributed by atoms with Crippen LogP contribution in [0.15, 0.2) is 24.3 Å². The number of phenolic OH excluding ortho intramolecular Hbond substituents is 2. The molecule has 0 saturated carbocycles. The van der Waals surface area contributed by atoms with Crippen LogP contribution in [0.3, 0.4) is 0 Å². The highest BCUT2D eigenvalue weighted by Crippen LogP contribution is 2.37. The first-order valence-electron chi connectivity index (χ1n) is 7.64. The molecule has 0 amide bonds. The second kappa shape index (κ2) is 6.65. The summed E-state index contributed by atoms with van der Waals surface area (Å²) in [6.45, 7) is 4.32. The van der Waals surface area contributed by atoms with E-state index >= 15 is 0 Å². The summed E-state index contributed by atoms with van der Waals surface area (Å²) in [5.41, 5.74) is 2.48. The number of fused-ring (bicyclic) bond motifs is 1. The Hall–Kier alpha value is -1.70. The topological polar surface area (TPSA) is 40.5 Å². The van der Waals surface area contributed by atoms with Crippen LogP contribution in [-0.2, 0) is 12.8 Å². The number of rotatable bonds is 6. The van der Waals surface area contributed by atoms with Gasteiger partial charge in [-0.25, -0.2) is 0 Å². The Balaban J connectivity index is 2.44. The van der Waals surface area contributed by atoms with Gasteiger partial charge in [0.1, 0.15) is 11.5 Å². The molecule has 0 aliphatic carbocycles. The van der Waals surface area contributed by atoms with Crippen LogP contribution in [0, 0.1) is 0 Å². The molecule has 0 aromatic heterocycles. The van der Waals surface area contributed by atoms with E-state index < -0.39 is 0 Å². The Morgan fingerprint density at radius 1 is 0.950 bits per heavy atom. The van der Waals surface area contributed by atoms with E-state index in [1.54, 1.807) is 6.07 Å². The summed E-state index contributed by atoms with van der Waals surface area (Å²) in [4.78, 5) is 0. The molecule has 0 radical (unpaired) electrons. The zero-order valence-electron chi connectivity index (χ0n) is 12.4. The van der Waals surface area contributed by atoms with Gasteiger partial charge in [0.25, 0.3) is 0 Å². The van der Waals surface area contributed by atoms with E-state index in [9.17, 15) is 10.2 Å². The molecule has 0 spiro atoms. The maximum atomic E-state index is 10.1. The van der Waals surface area contributed by atoms with Crippen molar-refractivity contribution < 1.29 is 10.2 Å². The molecular formula is C18H24O2. The van der Waals surface area contributed by atoms with Crippen molar-refractivity contribution in [2.24, 2.45) is 0 Å². The first-order chi connectivity index (χ1) is 9.69. The SMILES string of the molecule is CCCCCCc1c(CC)cc(O)c2c(O)cccc12. The molecule has 0 atom stereocenters. The highest BCUT2D eigenvalue weighted by molar-refractivity contribution is 5.96. The largest absolute Gasteiger partial charge is 0.507 e. The van der Waals surface area contributed by atoms with Crippen molar-refractivity contribution >= 4 is 10.8 Å². The van der Waals surface area contributed by atoms with Crippen LogP contribution in [-0.4, -0.2) is 10.2 Å². The lowest BCUT2D eigenvalue weighted by atomic mass is 9.92. The van der Waals surface area contributed by atoms with Crippen LogP contribution >= 0.6 is 0 Å². The Kier molecular flexibility index (Phi) is 4.89. The molecule has 0 aliphatic rings. The van der Waals surface area contributed by atoms with Crippen molar-refractivity contribution in [2.75, 3.05) is 0 Å². The summed E-state index contributed by atoms with van der Waals surface area (Å²) in [5.74, 6) is 0.352. The van der Waals surface area contributed by atoms with E-state index in [2.05, 4.69) is 13.8 Å². The van der Waals surface area contributed by atoms with Gasteiger partial charge >= 0.3 is 0 Å². The average Bonchev–Trinajstić information content (AvgIpc) is 2.45. The van der Waals surface area contributed by atoms with Crippen LogP contribution in [0.1, 0.15) is 50.7 Å². The van der Waals surface area contributed by atoms with Gasteiger partial charge in [-0.3, -0.25) is 0 Å². The van der Waals surface area contributed by atoms with Crippen LogP contribution < -0.4 is 0 Å². The molecule has 0 fully saturated rings. The number of benzene rings is 2. The lowest BCUT2D eigenvalue weighted by molar-refractivity contribution is 0.463. The average molecular weight is 272 g/mol. The molecule has 20 heavy (non-hydrogen) atoms. The molecule has 0 saturated heterocycles. The van der Waals surface area contributed by atoms with Gasteiger partial charge in [-0.1, -0.05) is 45.2 Å². The minimum Gasteiger partial charge on any atom is -0.507 e. The maximum absolute atomic E-state index is 10.1. The summed E-state index contributed by atoms with van der Waals surface area (Å²) in [7, 11) is 0. The van der Waals surface area contributed by atoms with E-state index in [1.807, 2.05) is 18.2 Å².